The summed E-state index contributed by atoms with van der Waals surface area (Å²) in [4.78, 5) is 3.99. The molecule has 1 aromatic rings. The first kappa shape index (κ1) is 11.1. The van der Waals surface area contributed by atoms with E-state index in [0.717, 1.165) is 25.8 Å². The van der Waals surface area contributed by atoms with Crippen molar-refractivity contribution >= 4 is 0 Å². The van der Waals surface area contributed by atoms with Crippen LogP contribution in [0, 0.1) is 11.3 Å². The van der Waals surface area contributed by atoms with Gasteiger partial charge in [0.05, 0.1) is 6.07 Å². The molecule has 0 amide bonds. The summed E-state index contributed by atoms with van der Waals surface area (Å²) in [5.74, 6) is 0. The summed E-state index contributed by atoms with van der Waals surface area (Å²) in [7, 11) is 0. The summed E-state index contributed by atoms with van der Waals surface area (Å²) in [5.41, 5.74) is 1.03. The van der Waals surface area contributed by atoms with Gasteiger partial charge in [-0.2, -0.15) is 5.26 Å². The normalized spacial score (nSPS) is 18.2. The zero-order valence-corrected chi connectivity index (χ0v) is 9.45. The van der Waals surface area contributed by atoms with Crippen LogP contribution in [0.15, 0.2) is 24.5 Å². The topological polar surface area (TPSA) is 48.7 Å². The van der Waals surface area contributed by atoms with Gasteiger partial charge in [-0.15, -0.1) is 0 Å². The predicted octanol–water partition coefficient (Wildman–Crippen LogP) is 2.05. The molecule has 1 saturated carbocycles. The van der Waals surface area contributed by atoms with Crippen LogP contribution in [0.5, 0.6) is 0 Å². The third-order valence-electron chi connectivity index (χ3n) is 3.30. The largest absolute Gasteiger partial charge is 0.299 e. The van der Waals surface area contributed by atoms with Crippen molar-refractivity contribution in [2.24, 2.45) is 0 Å². The summed E-state index contributed by atoms with van der Waals surface area (Å²) in [6.45, 7) is 0.873. The minimum atomic E-state index is -0.243. The van der Waals surface area contributed by atoms with Crippen LogP contribution < -0.4 is 5.32 Å². The van der Waals surface area contributed by atoms with Gasteiger partial charge in [0, 0.05) is 18.9 Å². The van der Waals surface area contributed by atoms with Gasteiger partial charge in [0.25, 0.3) is 0 Å². The highest BCUT2D eigenvalue weighted by molar-refractivity contribution is 5.12. The van der Waals surface area contributed by atoms with Crippen molar-refractivity contribution in [2.75, 3.05) is 6.54 Å². The minimum Gasteiger partial charge on any atom is -0.299 e. The standard InChI is InChI=1S/C13H17N3/c14-11-13(6-1-2-7-13)16-10-5-12-3-8-15-9-4-12/h3-4,8-9,16H,1-2,5-7,10H2. The molecule has 16 heavy (non-hydrogen) atoms. The Bertz CT molecular complexity index is 361. The van der Waals surface area contributed by atoms with Gasteiger partial charge in [-0.25, -0.2) is 0 Å². The highest BCUT2D eigenvalue weighted by Gasteiger charge is 2.32. The zero-order chi connectivity index (χ0) is 11.3. The van der Waals surface area contributed by atoms with E-state index in [4.69, 9.17) is 0 Å². The summed E-state index contributed by atoms with van der Waals surface area (Å²) in [6.07, 6.45) is 8.94. The first-order chi connectivity index (χ1) is 7.85. The van der Waals surface area contributed by atoms with E-state index in [9.17, 15) is 5.26 Å². The monoisotopic (exact) mass is 215 g/mol. The number of hydrogen-bond donors (Lipinski definition) is 1. The van der Waals surface area contributed by atoms with E-state index in [0.29, 0.717) is 0 Å². The molecular weight excluding hydrogens is 198 g/mol. The first-order valence-corrected chi connectivity index (χ1v) is 5.90. The van der Waals surface area contributed by atoms with E-state index in [1.165, 1.54) is 18.4 Å². The van der Waals surface area contributed by atoms with Crippen molar-refractivity contribution in [1.29, 1.82) is 5.26 Å². The maximum atomic E-state index is 9.19. The van der Waals surface area contributed by atoms with Gasteiger partial charge in [-0.3, -0.25) is 10.3 Å². The second-order valence-corrected chi connectivity index (χ2v) is 4.43. The van der Waals surface area contributed by atoms with E-state index >= 15 is 0 Å². The lowest BCUT2D eigenvalue weighted by Crippen LogP contribution is -2.42. The smallest absolute Gasteiger partial charge is 0.106 e. The maximum absolute atomic E-state index is 9.19. The summed E-state index contributed by atoms with van der Waals surface area (Å²) in [5, 5.41) is 12.6. The Kier molecular flexibility index (Phi) is 3.53. The Hall–Kier alpha value is -1.40. The second kappa shape index (κ2) is 5.09. The molecule has 0 spiro atoms. The fourth-order valence-corrected chi connectivity index (χ4v) is 2.30. The fraction of sp³-hybridized carbons (Fsp3) is 0.538. The van der Waals surface area contributed by atoms with Crippen molar-refractivity contribution in [3.05, 3.63) is 30.1 Å². The van der Waals surface area contributed by atoms with Gasteiger partial charge in [0.2, 0.25) is 0 Å². The molecule has 1 N–H and O–H groups in total. The molecule has 1 heterocycles. The lowest BCUT2D eigenvalue weighted by molar-refractivity contribution is 0.426. The molecule has 3 nitrogen and oxygen atoms in total. The quantitative estimate of drug-likeness (QED) is 0.836. The average Bonchev–Trinajstić information content (AvgIpc) is 2.80. The summed E-state index contributed by atoms with van der Waals surface area (Å²) < 4.78 is 0. The minimum absolute atomic E-state index is 0.243. The van der Waals surface area contributed by atoms with Crippen molar-refractivity contribution in [3.8, 4) is 6.07 Å². The van der Waals surface area contributed by atoms with E-state index in [-0.39, 0.29) is 5.54 Å². The molecule has 1 aliphatic carbocycles. The van der Waals surface area contributed by atoms with E-state index < -0.39 is 0 Å². The van der Waals surface area contributed by atoms with E-state index in [1.807, 2.05) is 24.5 Å². The van der Waals surface area contributed by atoms with Crippen LogP contribution in [0.1, 0.15) is 31.2 Å². The molecule has 0 atom stereocenters. The first-order valence-electron chi connectivity index (χ1n) is 5.90. The highest BCUT2D eigenvalue weighted by atomic mass is 15.0. The van der Waals surface area contributed by atoms with E-state index in [2.05, 4.69) is 16.4 Å². The van der Waals surface area contributed by atoms with Gasteiger partial charge >= 0.3 is 0 Å². The molecule has 1 fully saturated rings. The zero-order valence-electron chi connectivity index (χ0n) is 9.45. The second-order valence-electron chi connectivity index (χ2n) is 4.43. The van der Waals surface area contributed by atoms with Crippen LogP contribution in [0.25, 0.3) is 0 Å². The number of nitrogens with one attached hydrogen (secondary N) is 1. The van der Waals surface area contributed by atoms with Gasteiger partial charge in [-0.1, -0.05) is 12.8 Å². The van der Waals surface area contributed by atoms with Crippen LogP contribution in [-0.4, -0.2) is 17.1 Å². The molecule has 3 heteroatoms. The molecule has 1 aromatic heterocycles. The molecule has 1 aliphatic rings. The number of rotatable bonds is 4. The van der Waals surface area contributed by atoms with Crippen molar-refractivity contribution in [2.45, 2.75) is 37.6 Å². The number of hydrogen-bond acceptors (Lipinski definition) is 3. The number of nitrogens with zero attached hydrogens (tertiary/aromatic N) is 2. The molecule has 2 rings (SSSR count). The van der Waals surface area contributed by atoms with Crippen molar-refractivity contribution in [1.82, 2.24) is 10.3 Å². The van der Waals surface area contributed by atoms with Crippen LogP contribution in [0.2, 0.25) is 0 Å². The highest BCUT2D eigenvalue weighted by Crippen LogP contribution is 2.28. The molecule has 0 unspecified atom stereocenters. The Morgan fingerprint density at radius 2 is 2.00 bits per heavy atom. The lowest BCUT2D eigenvalue weighted by atomic mass is 9.99. The van der Waals surface area contributed by atoms with Crippen molar-refractivity contribution in [3.63, 3.8) is 0 Å². The van der Waals surface area contributed by atoms with Gasteiger partial charge < -0.3 is 0 Å². The lowest BCUT2D eigenvalue weighted by Gasteiger charge is -2.21. The molecule has 84 valence electrons. The number of pyridine rings is 1. The Balaban J connectivity index is 1.82. The summed E-state index contributed by atoms with van der Waals surface area (Å²) in [6, 6.07) is 6.49. The number of aromatic nitrogens is 1. The molecule has 0 aliphatic heterocycles. The Morgan fingerprint density at radius 3 is 2.62 bits per heavy atom. The van der Waals surface area contributed by atoms with Gasteiger partial charge in [0.15, 0.2) is 0 Å². The summed E-state index contributed by atoms with van der Waals surface area (Å²) >= 11 is 0. The molecule has 0 aromatic carbocycles. The molecular formula is C13H17N3. The third kappa shape index (κ3) is 2.59. The Labute approximate surface area is 96.5 Å². The van der Waals surface area contributed by atoms with E-state index in [1.54, 1.807) is 0 Å². The Morgan fingerprint density at radius 1 is 1.31 bits per heavy atom. The van der Waals surface area contributed by atoms with Crippen LogP contribution in [0.4, 0.5) is 0 Å². The third-order valence-corrected chi connectivity index (χ3v) is 3.30. The molecule has 0 saturated heterocycles. The average molecular weight is 215 g/mol. The molecule has 0 bridgehead atoms. The van der Waals surface area contributed by atoms with Crippen LogP contribution >= 0.6 is 0 Å². The fourth-order valence-electron chi connectivity index (χ4n) is 2.30. The van der Waals surface area contributed by atoms with Crippen molar-refractivity contribution < 1.29 is 0 Å². The van der Waals surface area contributed by atoms with Gasteiger partial charge in [0.1, 0.15) is 5.54 Å². The maximum Gasteiger partial charge on any atom is 0.106 e. The SMILES string of the molecule is N#CC1(NCCc2ccncc2)CCCC1. The van der Waals surface area contributed by atoms with Crippen LogP contribution in [0.3, 0.4) is 0 Å². The van der Waals surface area contributed by atoms with Gasteiger partial charge in [-0.05, 0) is 37.0 Å². The van der Waals surface area contributed by atoms with Crippen LogP contribution in [-0.2, 0) is 6.42 Å². The predicted molar refractivity (Wildman–Crippen MR) is 62.8 cm³/mol. The molecule has 0 radical (unpaired) electrons. The number of nitriles is 1.